The summed E-state index contributed by atoms with van der Waals surface area (Å²) in [7, 11) is 0. The molecule has 2 aliphatic carbocycles. The minimum Gasteiger partial charge on any atom is -0.393 e. The van der Waals surface area contributed by atoms with Crippen molar-refractivity contribution in [1.29, 1.82) is 0 Å². The molecule has 0 amide bonds. The van der Waals surface area contributed by atoms with Crippen molar-refractivity contribution in [3.8, 4) is 0 Å². The third-order valence-corrected chi connectivity index (χ3v) is 3.92. The van der Waals surface area contributed by atoms with Gasteiger partial charge in [-0.2, -0.15) is 0 Å². The maximum Gasteiger partial charge on any atom is 0.0570 e. The molecule has 2 N–H and O–H groups in total. The SMILES string of the molecule is CC1(C)CCC(NC2CC(O)C2)CC1. The molecule has 0 unspecified atom stereocenters. The Kier molecular flexibility index (Phi) is 2.85. The molecule has 2 fully saturated rings. The molecule has 0 radical (unpaired) electrons. The van der Waals surface area contributed by atoms with Gasteiger partial charge in [-0.25, -0.2) is 0 Å². The van der Waals surface area contributed by atoms with Crippen molar-refractivity contribution in [2.45, 2.75) is 70.6 Å². The first-order valence-electron chi connectivity index (χ1n) is 5.99. The van der Waals surface area contributed by atoms with E-state index in [1.807, 2.05) is 0 Å². The van der Waals surface area contributed by atoms with Crippen LogP contribution in [0.4, 0.5) is 0 Å². The lowest BCUT2D eigenvalue weighted by Gasteiger charge is -2.40. The van der Waals surface area contributed by atoms with E-state index >= 15 is 0 Å². The minimum absolute atomic E-state index is 0.0208. The Hall–Kier alpha value is -0.0800. The van der Waals surface area contributed by atoms with E-state index in [-0.39, 0.29) is 6.10 Å². The first-order chi connectivity index (χ1) is 6.55. The Morgan fingerprint density at radius 3 is 2.14 bits per heavy atom. The molecular formula is C12H23NO. The Morgan fingerprint density at radius 1 is 1.07 bits per heavy atom. The first kappa shape index (κ1) is 10.4. The Bertz CT molecular complexity index is 186. The summed E-state index contributed by atoms with van der Waals surface area (Å²) in [6.07, 6.45) is 7.26. The van der Waals surface area contributed by atoms with Crippen LogP contribution >= 0.6 is 0 Å². The lowest BCUT2D eigenvalue weighted by molar-refractivity contribution is 0.0517. The van der Waals surface area contributed by atoms with Crippen LogP contribution in [0.2, 0.25) is 0 Å². The van der Waals surface area contributed by atoms with Gasteiger partial charge in [0.2, 0.25) is 0 Å². The van der Waals surface area contributed by atoms with E-state index in [9.17, 15) is 5.11 Å². The molecule has 2 rings (SSSR count). The van der Waals surface area contributed by atoms with Gasteiger partial charge in [-0.05, 0) is 43.9 Å². The van der Waals surface area contributed by atoms with Crippen LogP contribution < -0.4 is 5.32 Å². The maximum absolute atomic E-state index is 9.19. The summed E-state index contributed by atoms with van der Waals surface area (Å²) >= 11 is 0. The smallest absolute Gasteiger partial charge is 0.0570 e. The second kappa shape index (κ2) is 3.82. The molecule has 0 bridgehead atoms. The second-order valence-electron chi connectivity index (χ2n) is 5.93. The number of nitrogens with one attached hydrogen (secondary N) is 1. The fraction of sp³-hybridized carbons (Fsp3) is 1.00. The number of hydrogen-bond donors (Lipinski definition) is 2. The third-order valence-electron chi connectivity index (χ3n) is 3.92. The van der Waals surface area contributed by atoms with Crippen LogP contribution in [0.5, 0.6) is 0 Å². The van der Waals surface area contributed by atoms with Gasteiger partial charge in [-0.15, -0.1) is 0 Å². The predicted molar refractivity (Wildman–Crippen MR) is 58.2 cm³/mol. The molecule has 0 aromatic carbocycles. The van der Waals surface area contributed by atoms with E-state index in [2.05, 4.69) is 19.2 Å². The molecule has 0 aromatic rings. The van der Waals surface area contributed by atoms with E-state index in [0.29, 0.717) is 11.5 Å². The highest BCUT2D eigenvalue weighted by atomic mass is 16.3. The van der Waals surface area contributed by atoms with E-state index in [0.717, 1.165) is 18.9 Å². The fourth-order valence-electron chi connectivity index (χ4n) is 2.62. The molecule has 2 heteroatoms. The summed E-state index contributed by atoms with van der Waals surface area (Å²) in [5, 5.41) is 12.9. The van der Waals surface area contributed by atoms with Gasteiger partial charge in [-0.3, -0.25) is 0 Å². The van der Waals surface area contributed by atoms with Crippen molar-refractivity contribution in [1.82, 2.24) is 5.32 Å². The molecule has 0 aliphatic heterocycles. The van der Waals surface area contributed by atoms with Gasteiger partial charge in [0, 0.05) is 12.1 Å². The normalized spacial score (nSPS) is 37.9. The first-order valence-corrected chi connectivity index (χ1v) is 5.99. The molecule has 82 valence electrons. The minimum atomic E-state index is -0.0208. The highest BCUT2D eigenvalue weighted by Gasteiger charge is 2.32. The fourth-order valence-corrected chi connectivity index (χ4v) is 2.62. The Morgan fingerprint density at radius 2 is 1.64 bits per heavy atom. The zero-order valence-corrected chi connectivity index (χ0v) is 9.42. The van der Waals surface area contributed by atoms with Gasteiger partial charge in [0.05, 0.1) is 6.10 Å². The van der Waals surface area contributed by atoms with Crippen molar-refractivity contribution in [3.63, 3.8) is 0 Å². The van der Waals surface area contributed by atoms with E-state index in [1.165, 1.54) is 25.7 Å². The molecule has 14 heavy (non-hydrogen) atoms. The average Bonchev–Trinajstić information content (AvgIpc) is 2.06. The lowest BCUT2D eigenvalue weighted by atomic mass is 9.75. The predicted octanol–water partition coefficient (Wildman–Crippen LogP) is 2.07. The van der Waals surface area contributed by atoms with Gasteiger partial charge >= 0.3 is 0 Å². The zero-order chi connectivity index (χ0) is 10.2. The molecule has 0 spiro atoms. The summed E-state index contributed by atoms with van der Waals surface area (Å²) in [6, 6.07) is 1.33. The summed E-state index contributed by atoms with van der Waals surface area (Å²) in [4.78, 5) is 0. The second-order valence-corrected chi connectivity index (χ2v) is 5.93. The van der Waals surface area contributed by atoms with Gasteiger partial charge < -0.3 is 10.4 Å². The van der Waals surface area contributed by atoms with Crippen LogP contribution in [0.15, 0.2) is 0 Å². The summed E-state index contributed by atoms with van der Waals surface area (Å²) < 4.78 is 0. The van der Waals surface area contributed by atoms with E-state index in [4.69, 9.17) is 0 Å². The largest absolute Gasteiger partial charge is 0.393 e. The molecule has 0 aromatic heterocycles. The topological polar surface area (TPSA) is 32.3 Å². The molecule has 0 atom stereocenters. The summed E-state index contributed by atoms with van der Waals surface area (Å²) in [5.41, 5.74) is 0.567. The van der Waals surface area contributed by atoms with E-state index in [1.54, 1.807) is 0 Å². The van der Waals surface area contributed by atoms with Crippen LogP contribution in [0.1, 0.15) is 52.4 Å². The maximum atomic E-state index is 9.19. The highest BCUT2D eigenvalue weighted by molar-refractivity contribution is 4.90. The van der Waals surface area contributed by atoms with Crippen LogP contribution in [-0.4, -0.2) is 23.3 Å². The Labute approximate surface area is 87.1 Å². The summed E-state index contributed by atoms with van der Waals surface area (Å²) in [6.45, 7) is 4.74. The quantitative estimate of drug-likeness (QED) is 0.710. The van der Waals surface area contributed by atoms with Gasteiger partial charge in [-0.1, -0.05) is 13.8 Å². The van der Waals surface area contributed by atoms with Crippen LogP contribution in [0.25, 0.3) is 0 Å². The molecule has 2 nitrogen and oxygen atoms in total. The van der Waals surface area contributed by atoms with Gasteiger partial charge in [0.15, 0.2) is 0 Å². The number of rotatable bonds is 2. The van der Waals surface area contributed by atoms with Crippen molar-refractivity contribution < 1.29 is 5.11 Å². The number of hydrogen-bond acceptors (Lipinski definition) is 2. The monoisotopic (exact) mass is 197 g/mol. The van der Waals surface area contributed by atoms with Crippen molar-refractivity contribution in [3.05, 3.63) is 0 Å². The van der Waals surface area contributed by atoms with Crippen molar-refractivity contribution >= 4 is 0 Å². The number of aliphatic hydroxyl groups is 1. The molecular weight excluding hydrogens is 174 g/mol. The molecule has 2 aliphatic rings. The van der Waals surface area contributed by atoms with Crippen molar-refractivity contribution in [2.24, 2.45) is 5.41 Å². The zero-order valence-electron chi connectivity index (χ0n) is 9.42. The van der Waals surface area contributed by atoms with Crippen LogP contribution in [0, 0.1) is 5.41 Å². The van der Waals surface area contributed by atoms with Crippen molar-refractivity contribution in [2.75, 3.05) is 0 Å². The standard InChI is InChI=1S/C12H23NO/c1-12(2)5-3-9(4-6-12)13-10-7-11(14)8-10/h9-11,13-14H,3-8H2,1-2H3. The molecule has 2 saturated carbocycles. The number of aliphatic hydroxyl groups excluding tert-OH is 1. The average molecular weight is 197 g/mol. The van der Waals surface area contributed by atoms with E-state index < -0.39 is 0 Å². The third kappa shape index (κ3) is 2.48. The van der Waals surface area contributed by atoms with Gasteiger partial charge in [0.25, 0.3) is 0 Å². The molecule has 0 heterocycles. The van der Waals surface area contributed by atoms with Gasteiger partial charge in [0.1, 0.15) is 0 Å². The lowest BCUT2D eigenvalue weighted by Crippen LogP contribution is -2.49. The Balaban J connectivity index is 1.69. The highest BCUT2D eigenvalue weighted by Crippen LogP contribution is 2.35. The summed E-state index contributed by atoms with van der Waals surface area (Å²) in [5.74, 6) is 0. The van der Waals surface area contributed by atoms with Crippen LogP contribution in [-0.2, 0) is 0 Å². The van der Waals surface area contributed by atoms with Crippen LogP contribution in [0.3, 0.4) is 0 Å². The molecule has 0 saturated heterocycles.